The molecule has 4 rings (SSSR count). The molecule has 1 N–H and O–H groups in total. The number of aromatic nitrogens is 3. The summed E-state index contributed by atoms with van der Waals surface area (Å²) < 4.78 is 8.70. The number of benzene rings is 1. The molecule has 6 nitrogen and oxygen atoms in total. The minimum absolute atomic E-state index is 0.0742. The van der Waals surface area contributed by atoms with E-state index in [1.54, 1.807) is 18.4 Å². The van der Waals surface area contributed by atoms with E-state index in [1.165, 1.54) is 16.5 Å². The highest BCUT2D eigenvalue weighted by atomic mass is 32.2. The van der Waals surface area contributed by atoms with E-state index in [2.05, 4.69) is 44.4 Å². The monoisotopic (exact) mass is 426 g/mol. The quantitative estimate of drug-likeness (QED) is 0.420. The van der Waals surface area contributed by atoms with Crippen LogP contribution in [-0.2, 0) is 11.2 Å². The van der Waals surface area contributed by atoms with Crippen LogP contribution in [0.2, 0.25) is 0 Å². The predicted octanol–water partition coefficient (Wildman–Crippen LogP) is 5.02. The first-order chi connectivity index (χ1) is 14.2. The van der Waals surface area contributed by atoms with Gasteiger partial charge in [-0.05, 0) is 36.1 Å². The molecule has 4 aromatic rings. The number of amides is 1. The van der Waals surface area contributed by atoms with Crippen LogP contribution >= 0.6 is 23.1 Å². The molecule has 0 radical (unpaired) electrons. The number of hydrogen-bond donors (Lipinski definition) is 1. The Kier molecular flexibility index (Phi) is 5.73. The fraction of sp³-hybridized carbons (Fsp3) is 0.286. The Morgan fingerprint density at radius 2 is 2.07 bits per heavy atom. The number of nitrogens with one attached hydrogen (secondary N) is 1. The summed E-state index contributed by atoms with van der Waals surface area (Å²) in [5.41, 5.74) is 2.82. The highest BCUT2D eigenvalue weighted by Gasteiger charge is 2.23. The fourth-order valence-electron chi connectivity index (χ4n) is 3.29. The van der Waals surface area contributed by atoms with Crippen LogP contribution in [0.4, 0.5) is 5.69 Å². The molecule has 0 fully saturated rings. The number of hydrogen-bond acceptors (Lipinski definition) is 6. The van der Waals surface area contributed by atoms with Crippen molar-refractivity contribution < 1.29 is 9.53 Å². The normalized spacial score (nSPS) is 12.4. The van der Waals surface area contributed by atoms with Gasteiger partial charge in [0, 0.05) is 6.42 Å². The van der Waals surface area contributed by atoms with Crippen molar-refractivity contribution in [2.24, 2.45) is 0 Å². The summed E-state index contributed by atoms with van der Waals surface area (Å²) in [6.07, 6.45) is 1.46. The Bertz CT molecular complexity index is 1170. The molecule has 0 bridgehead atoms. The summed E-state index contributed by atoms with van der Waals surface area (Å²) in [4.78, 5) is 13.0. The van der Waals surface area contributed by atoms with Gasteiger partial charge in [-0.25, -0.2) is 0 Å². The number of ether oxygens (including phenoxy) is 1. The molecular formula is C21H22N4O2S2. The summed E-state index contributed by atoms with van der Waals surface area (Å²) in [7, 11) is 1.59. The van der Waals surface area contributed by atoms with Crippen molar-refractivity contribution in [3.8, 4) is 5.75 Å². The van der Waals surface area contributed by atoms with Gasteiger partial charge in [0.25, 0.3) is 0 Å². The van der Waals surface area contributed by atoms with Gasteiger partial charge in [-0.1, -0.05) is 37.7 Å². The molecule has 1 atom stereocenters. The predicted molar refractivity (Wildman–Crippen MR) is 119 cm³/mol. The van der Waals surface area contributed by atoms with Crippen molar-refractivity contribution in [3.05, 3.63) is 47.6 Å². The topological polar surface area (TPSA) is 68.5 Å². The smallest absolute Gasteiger partial charge is 0.238 e. The van der Waals surface area contributed by atoms with E-state index in [0.29, 0.717) is 17.9 Å². The van der Waals surface area contributed by atoms with Gasteiger partial charge < -0.3 is 10.1 Å². The summed E-state index contributed by atoms with van der Waals surface area (Å²) in [6.45, 7) is 4.07. The number of anilines is 1. The lowest BCUT2D eigenvalue weighted by Gasteiger charge is -2.16. The zero-order valence-corrected chi connectivity index (χ0v) is 18.1. The van der Waals surface area contributed by atoms with Gasteiger partial charge in [0.2, 0.25) is 5.91 Å². The molecule has 150 valence electrons. The highest BCUT2D eigenvalue weighted by molar-refractivity contribution is 8.00. The Labute approximate surface area is 177 Å². The molecule has 0 saturated carbocycles. The van der Waals surface area contributed by atoms with Crippen molar-refractivity contribution in [2.45, 2.75) is 37.0 Å². The van der Waals surface area contributed by atoms with Crippen molar-refractivity contribution >= 4 is 50.4 Å². The Hall–Kier alpha value is -2.58. The summed E-state index contributed by atoms with van der Waals surface area (Å²) in [5, 5.41) is 14.4. The first-order valence-electron chi connectivity index (χ1n) is 9.51. The zero-order chi connectivity index (χ0) is 20.4. The average molecular weight is 427 g/mol. The molecule has 29 heavy (non-hydrogen) atoms. The Morgan fingerprint density at radius 1 is 1.24 bits per heavy atom. The fourth-order valence-corrected chi connectivity index (χ4v) is 5.06. The third-order valence-corrected chi connectivity index (χ3v) is 6.95. The maximum atomic E-state index is 13.0. The minimum atomic E-state index is -0.293. The standard InChI is InChI=1S/C21H22N4O2S2/c1-4-17(20(26)22-13-8-6-7-9-16(13)27-3)29-21-15-12-18-14(10-11-28-18)25(15)19(5-2)23-24-21/h6-12,17H,4-5H2,1-3H3,(H,22,26)/t17-/m1/s1. The second-order valence-electron chi connectivity index (χ2n) is 6.51. The summed E-state index contributed by atoms with van der Waals surface area (Å²) in [6, 6.07) is 11.7. The maximum absolute atomic E-state index is 13.0. The van der Waals surface area contributed by atoms with E-state index in [4.69, 9.17) is 4.74 Å². The minimum Gasteiger partial charge on any atom is -0.495 e. The molecule has 0 unspecified atom stereocenters. The summed E-state index contributed by atoms with van der Waals surface area (Å²) >= 11 is 3.15. The average Bonchev–Trinajstić information content (AvgIpc) is 3.34. The van der Waals surface area contributed by atoms with Gasteiger partial charge in [-0.2, -0.15) is 0 Å². The first-order valence-corrected chi connectivity index (χ1v) is 11.3. The second-order valence-corrected chi connectivity index (χ2v) is 8.65. The SMILES string of the molecule is CCc1nnc(S[C@H](CC)C(=O)Nc2ccccc2OC)c2cc3sccc3n12. The zero-order valence-electron chi connectivity index (χ0n) is 16.5. The summed E-state index contributed by atoms with van der Waals surface area (Å²) in [5.74, 6) is 1.49. The molecule has 3 heterocycles. The van der Waals surface area contributed by atoms with Crippen molar-refractivity contribution in [1.29, 1.82) is 0 Å². The van der Waals surface area contributed by atoms with E-state index in [-0.39, 0.29) is 11.2 Å². The number of thioether (sulfide) groups is 1. The third-order valence-electron chi connectivity index (χ3n) is 4.75. The van der Waals surface area contributed by atoms with Gasteiger partial charge in [-0.15, -0.1) is 21.5 Å². The molecule has 1 amide bonds. The molecule has 8 heteroatoms. The molecule has 0 aliphatic carbocycles. The van der Waals surface area contributed by atoms with E-state index in [9.17, 15) is 4.79 Å². The van der Waals surface area contributed by atoms with Gasteiger partial charge in [0.15, 0.2) is 0 Å². The Morgan fingerprint density at radius 3 is 2.83 bits per heavy atom. The first kappa shape index (κ1) is 19.7. The molecule has 0 aliphatic heterocycles. The van der Waals surface area contributed by atoms with Gasteiger partial charge in [0.1, 0.15) is 16.6 Å². The van der Waals surface area contributed by atoms with Gasteiger partial charge >= 0.3 is 0 Å². The van der Waals surface area contributed by atoms with Crippen LogP contribution in [0.5, 0.6) is 5.75 Å². The lowest BCUT2D eigenvalue weighted by Crippen LogP contribution is -2.25. The number of para-hydroxylation sites is 2. The third kappa shape index (κ3) is 3.70. The number of thiophene rings is 1. The number of rotatable bonds is 7. The van der Waals surface area contributed by atoms with Gasteiger partial charge in [-0.3, -0.25) is 9.20 Å². The molecule has 1 aromatic carbocycles. The Balaban J connectivity index is 1.65. The maximum Gasteiger partial charge on any atom is 0.238 e. The van der Waals surface area contributed by atoms with Crippen LogP contribution in [-0.4, -0.2) is 32.9 Å². The van der Waals surface area contributed by atoms with Gasteiger partial charge in [0.05, 0.1) is 33.8 Å². The number of carbonyl (C=O) groups is 1. The van der Waals surface area contributed by atoms with Crippen LogP contribution in [0, 0.1) is 0 Å². The van der Waals surface area contributed by atoms with Crippen LogP contribution in [0.3, 0.4) is 0 Å². The van der Waals surface area contributed by atoms with E-state index < -0.39 is 0 Å². The lowest BCUT2D eigenvalue weighted by atomic mass is 10.2. The molecule has 0 spiro atoms. The number of aryl methyl sites for hydroxylation is 1. The largest absolute Gasteiger partial charge is 0.495 e. The van der Waals surface area contributed by atoms with Crippen LogP contribution < -0.4 is 10.1 Å². The molecule has 3 aromatic heterocycles. The van der Waals surface area contributed by atoms with Crippen molar-refractivity contribution in [1.82, 2.24) is 14.6 Å². The van der Waals surface area contributed by atoms with Crippen LogP contribution in [0.15, 0.2) is 46.8 Å². The number of fused-ring (bicyclic) bond motifs is 3. The van der Waals surface area contributed by atoms with E-state index in [0.717, 1.165) is 28.3 Å². The highest BCUT2D eigenvalue weighted by Crippen LogP contribution is 2.34. The van der Waals surface area contributed by atoms with Crippen LogP contribution in [0.1, 0.15) is 26.1 Å². The number of nitrogens with zero attached hydrogens (tertiary/aromatic N) is 3. The number of carbonyl (C=O) groups excluding carboxylic acids is 1. The van der Waals surface area contributed by atoms with Crippen LogP contribution in [0.25, 0.3) is 15.7 Å². The van der Waals surface area contributed by atoms with E-state index in [1.807, 2.05) is 31.2 Å². The molecular weight excluding hydrogens is 404 g/mol. The second kappa shape index (κ2) is 8.42. The number of methoxy groups -OCH3 is 1. The molecule has 0 saturated heterocycles. The molecule has 0 aliphatic rings. The van der Waals surface area contributed by atoms with Crippen molar-refractivity contribution in [3.63, 3.8) is 0 Å². The lowest BCUT2D eigenvalue weighted by molar-refractivity contribution is -0.115. The van der Waals surface area contributed by atoms with Crippen molar-refractivity contribution in [2.75, 3.05) is 12.4 Å². The van der Waals surface area contributed by atoms with E-state index >= 15 is 0 Å².